The quantitative estimate of drug-likeness (QED) is 0.532. The summed E-state index contributed by atoms with van der Waals surface area (Å²) in [7, 11) is 0. The van der Waals surface area contributed by atoms with Crippen LogP contribution in [0.5, 0.6) is 0 Å². The van der Waals surface area contributed by atoms with Crippen molar-refractivity contribution < 1.29 is 14.0 Å². The van der Waals surface area contributed by atoms with Crippen molar-refractivity contribution in [1.29, 1.82) is 0 Å². The largest absolute Gasteiger partial charge is 0.366 e. The molecule has 5 rings (SSSR count). The Hall–Kier alpha value is -3.52. The number of fused-ring (bicyclic) bond motifs is 1. The zero-order valence-corrected chi connectivity index (χ0v) is 20.6. The van der Waals surface area contributed by atoms with E-state index in [-0.39, 0.29) is 30.6 Å². The van der Waals surface area contributed by atoms with Crippen LogP contribution < -0.4 is 9.80 Å². The van der Waals surface area contributed by atoms with E-state index in [1.807, 2.05) is 54.5 Å². The summed E-state index contributed by atoms with van der Waals surface area (Å²) >= 11 is 1.55. The van der Waals surface area contributed by atoms with E-state index in [1.54, 1.807) is 33.3 Å². The van der Waals surface area contributed by atoms with Crippen LogP contribution in [0.25, 0.3) is 0 Å². The van der Waals surface area contributed by atoms with Gasteiger partial charge in [-0.25, -0.2) is 9.38 Å². The molecule has 0 N–H and O–H groups in total. The third-order valence-corrected chi connectivity index (χ3v) is 7.60. The maximum Gasteiger partial charge on any atom is 0.242 e. The minimum atomic E-state index is -0.258. The van der Waals surface area contributed by atoms with Gasteiger partial charge in [0.05, 0.1) is 29.2 Å². The molecule has 2 aromatic carbocycles. The molecule has 1 saturated heterocycles. The van der Waals surface area contributed by atoms with Crippen LogP contribution in [-0.4, -0.2) is 55.1 Å². The molecule has 0 unspecified atom stereocenters. The van der Waals surface area contributed by atoms with Crippen LogP contribution in [0, 0.1) is 19.7 Å². The first-order chi connectivity index (χ1) is 16.9. The average Bonchev–Trinajstić information content (AvgIpc) is 3.36. The fourth-order valence-electron chi connectivity index (χ4n) is 4.55. The molecule has 2 aliphatic heterocycles. The van der Waals surface area contributed by atoms with Gasteiger partial charge in [-0.05, 0) is 60.7 Å². The number of nitrogens with zero attached hydrogens (tertiary/aromatic N) is 4. The van der Waals surface area contributed by atoms with Crippen LogP contribution in [0.3, 0.4) is 0 Å². The number of anilines is 2. The summed E-state index contributed by atoms with van der Waals surface area (Å²) < 4.78 is 14.2. The lowest BCUT2D eigenvalue weighted by Crippen LogP contribution is -2.52. The first-order valence-corrected chi connectivity index (χ1v) is 12.6. The predicted molar refractivity (Wildman–Crippen MR) is 139 cm³/mol. The summed E-state index contributed by atoms with van der Waals surface area (Å²) in [6, 6.07) is 14.5. The Morgan fingerprint density at radius 3 is 2.46 bits per heavy atom. The van der Waals surface area contributed by atoms with Crippen molar-refractivity contribution in [2.45, 2.75) is 20.3 Å². The molecular formula is C27H27FN4O2S. The minimum Gasteiger partial charge on any atom is -0.366 e. The number of thiophene rings is 1. The number of halogens is 1. The lowest BCUT2D eigenvalue weighted by Gasteiger charge is -2.37. The number of piperazine rings is 1. The number of hydrogen-bond donors (Lipinski definition) is 0. The number of amides is 2. The van der Waals surface area contributed by atoms with E-state index in [0.29, 0.717) is 43.2 Å². The number of carbonyl (C=O) groups is 2. The summed E-state index contributed by atoms with van der Waals surface area (Å²) in [5.74, 6) is -0.515. The number of hydrogen-bond acceptors (Lipinski definition) is 5. The molecule has 0 aliphatic carbocycles. The average molecular weight is 491 g/mol. The van der Waals surface area contributed by atoms with E-state index in [4.69, 9.17) is 4.99 Å². The summed E-state index contributed by atoms with van der Waals surface area (Å²) in [6.07, 6.45) is 0.141. The molecule has 2 amide bonds. The lowest BCUT2D eigenvalue weighted by molar-refractivity contribution is -0.131. The smallest absolute Gasteiger partial charge is 0.242 e. The SMILES string of the molecule is Cc1cc2c(cc1C)N(CC(=O)N1CCN(c3ccccc3F)CC1)C(=O)CC(c1cccs1)=N2. The molecule has 1 aromatic heterocycles. The van der Waals surface area contributed by atoms with Crippen molar-refractivity contribution in [3.63, 3.8) is 0 Å². The summed E-state index contributed by atoms with van der Waals surface area (Å²) in [5.41, 5.74) is 4.79. The van der Waals surface area contributed by atoms with Crippen molar-refractivity contribution in [3.8, 4) is 0 Å². The Morgan fingerprint density at radius 2 is 1.74 bits per heavy atom. The third-order valence-electron chi connectivity index (χ3n) is 6.68. The van der Waals surface area contributed by atoms with Gasteiger partial charge in [-0.2, -0.15) is 0 Å². The van der Waals surface area contributed by atoms with Gasteiger partial charge in [0.25, 0.3) is 0 Å². The second-order valence-corrected chi connectivity index (χ2v) is 9.88. The second kappa shape index (κ2) is 9.62. The second-order valence-electron chi connectivity index (χ2n) is 8.94. The number of benzene rings is 2. The highest BCUT2D eigenvalue weighted by molar-refractivity contribution is 7.12. The first kappa shape index (κ1) is 23.2. The van der Waals surface area contributed by atoms with Gasteiger partial charge in [0, 0.05) is 31.1 Å². The van der Waals surface area contributed by atoms with Crippen molar-refractivity contribution >= 4 is 45.9 Å². The van der Waals surface area contributed by atoms with Crippen LogP contribution in [0.4, 0.5) is 21.5 Å². The van der Waals surface area contributed by atoms with Gasteiger partial charge in [-0.15, -0.1) is 11.3 Å². The molecule has 2 aliphatic rings. The highest BCUT2D eigenvalue weighted by atomic mass is 32.1. The third kappa shape index (κ3) is 4.71. The zero-order chi connectivity index (χ0) is 24.5. The Kier molecular flexibility index (Phi) is 6.38. The lowest BCUT2D eigenvalue weighted by atomic mass is 10.1. The van der Waals surface area contributed by atoms with E-state index < -0.39 is 0 Å². The Balaban J connectivity index is 1.35. The van der Waals surface area contributed by atoms with Crippen molar-refractivity contribution in [2.24, 2.45) is 4.99 Å². The van der Waals surface area contributed by atoms with Crippen molar-refractivity contribution in [1.82, 2.24) is 4.90 Å². The van der Waals surface area contributed by atoms with Gasteiger partial charge in [-0.1, -0.05) is 18.2 Å². The molecular weight excluding hydrogens is 463 g/mol. The van der Waals surface area contributed by atoms with Crippen LogP contribution in [0.2, 0.25) is 0 Å². The van der Waals surface area contributed by atoms with Crippen LogP contribution >= 0.6 is 11.3 Å². The molecule has 180 valence electrons. The molecule has 0 saturated carbocycles. The van der Waals surface area contributed by atoms with Crippen molar-refractivity contribution in [3.05, 3.63) is 75.7 Å². The predicted octanol–water partition coefficient (Wildman–Crippen LogP) is 4.71. The summed E-state index contributed by atoms with van der Waals surface area (Å²) in [4.78, 5) is 37.8. The van der Waals surface area contributed by atoms with Crippen LogP contribution in [0.1, 0.15) is 22.4 Å². The van der Waals surface area contributed by atoms with Gasteiger partial charge in [-0.3, -0.25) is 9.59 Å². The fraction of sp³-hybridized carbons (Fsp3) is 0.296. The minimum absolute atomic E-state index is 0.0404. The highest BCUT2D eigenvalue weighted by Crippen LogP contribution is 2.36. The maximum atomic E-state index is 14.2. The van der Waals surface area contributed by atoms with Gasteiger partial charge in [0.2, 0.25) is 11.8 Å². The van der Waals surface area contributed by atoms with E-state index in [9.17, 15) is 14.0 Å². The number of carbonyl (C=O) groups excluding carboxylic acids is 2. The zero-order valence-electron chi connectivity index (χ0n) is 19.8. The van der Waals surface area contributed by atoms with Crippen molar-refractivity contribution in [2.75, 3.05) is 42.5 Å². The first-order valence-electron chi connectivity index (χ1n) is 11.7. The van der Waals surface area contributed by atoms with E-state index in [0.717, 1.165) is 21.7 Å². The molecule has 35 heavy (non-hydrogen) atoms. The Bertz CT molecular complexity index is 1300. The van der Waals surface area contributed by atoms with E-state index in [2.05, 4.69) is 0 Å². The van der Waals surface area contributed by atoms with Gasteiger partial charge in [0.1, 0.15) is 12.4 Å². The Labute approximate surface area is 208 Å². The molecule has 0 spiro atoms. The molecule has 8 heteroatoms. The molecule has 6 nitrogen and oxygen atoms in total. The molecule has 0 bridgehead atoms. The summed E-state index contributed by atoms with van der Waals surface area (Å²) in [5, 5.41) is 1.97. The molecule has 1 fully saturated rings. The monoisotopic (exact) mass is 490 g/mol. The maximum absolute atomic E-state index is 14.2. The number of rotatable bonds is 4. The van der Waals surface area contributed by atoms with Crippen LogP contribution in [-0.2, 0) is 9.59 Å². The van der Waals surface area contributed by atoms with E-state index in [1.165, 1.54) is 6.07 Å². The van der Waals surface area contributed by atoms with Gasteiger partial charge >= 0.3 is 0 Å². The normalized spacial score (nSPS) is 16.1. The molecule has 0 radical (unpaired) electrons. The van der Waals surface area contributed by atoms with Gasteiger partial charge in [0.15, 0.2) is 0 Å². The van der Waals surface area contributed by atoms with Gasteiger partial charge < -0.3 is 14.7 Å². The fourth-order valence-corrected chi connectivity index (χ4v) is 5.26. The number of aryl methyl sites for hydroxylation is 2. The molecule has 3 aromatic rings. The number of para-hydroxylation sites is 1. The topological polar surface area (TPSA) is 56.2 Å². The number of aliphatic imine (C=N–C) groups is 1. The van der Waals surface area contributed by atoms with E-state index >= 15 is 0 Å². The van der Waals surface area contributed by atoms with Crippen LogP contribution in [0.15, 0.2) is 58.9 Å². The Morgan fingerprint density at radius 1 is 1.00 bits per heavy atom. The standard InChI is InChI=1S/C27H27FN4O2S/c1-18-14-21-24(15-19(18)2)32(26(33)16-22(29-21)25-8-5-13-35-25)17-27(34)31-11-9-30(10-12-31)23-7-4-3-6-20(23)28/h3-8,13-15H,9-12,16-17H2,1-2H3. The summed E-state index contributed by atoms with van der Waals surface area (Å²) in [6.45, 7) is 6.02. The highest BCUT2D eigenvalue weighted by Gasteiger charge is 2.30. The molecule has 0 atom stereocenters. The molecule has 3 heterocycles.